The van der Waals surface area contributed by atoms with E-state index in [4.69, 9.17) is 4.74 Å². The molecule has 3 aromatic rings. The van der Waals surface area contributed by atoms with E-state index in [0.717, 1.165) is 44.9 Å². The van der Waals surface area contributed by atoms with E-state index in [1.54, 1.807) is 0 Å². The first-order valence-corrected chi connectivity index (χ1v) is 14.6. The van der Waals surface area contributed by atoms with Crippen LogP contribution in [-0.4, -0.2) is 73.2 Å². The molecule has 3 aromatic carbocycles. The minimum atomic E-state index is 0.0224. The van der Waals surface area contributed by atoms with E-state index < -0.39 is 0 Å². The number of rotatable bonds is 10. The molecule has 0 saturated carbocycles. The van der Waals surface area contributed by atoms with Crippen LogP contribution in [0.2, 0.25) is 0 Å². The number of hydrogen-bond donors (Lipinski definition) is 1. The van der Waals surface area contributed by atoms with Crippen LogP contribution in [0.4, 0.5) is 4.79 Å². The summed E-state index contributed by atoms with van der Waals surface area (Å²) in [7, 11) is 0. The number of nitrogens with zero attached hydrogens (tertiary/aromatic N) is 3. The van der Waals surface area contributed by atoms with Crippen molar-refractivity contribution in [1.82, 2.24) is 20.0 Å². The summed E-state index contributed by atoms with van der Waals surface area (Å²) in [5.41, 5.74) is 3.89. The second-order valence-corrected chi connectivity index (χ2v) is 10.7. The van der Waals surface area contributed by atoms with E-state index >= 15 is 0 Å². The van der Waals surface area contributed by atoms with Crippen molar-refractivity contribution < 1.29 is 9.53 Å². The van der Waals surface area contributed by atoms with E-state index in [1.165, 1.54) is 49.0 Å². The van der Waals surface area contributed by atoms with Crippen molar-refractivity contribution in [2.75, 3.05) is 52.4 Å². The molecule has 2 saturated heterocycles. The molecule has 0 aliphatic carbocycles. The molecule has 5 rings (SSSR count). The fourth-order valence-electron chi connectivity index (χ4n) is 5.75. The lowest BCUT2D eigenvalue weighted by atomic mass is 9.96. The first kappa shape index (κ1) is 27.2. The van der Waals surface area contributed by atoms with Gasteiger partial charge in [0.25, 0.3) is 0 Å². The monoisotopic (exact) mass is 526 g/mol. The number of amides is 2. The molecule has 2 heterocycles. The molecular weight excluding hydrogens is 484 g/mol. The third-order valence-corrected chi connectivity index (χ3v) is 7.82. The maximum Gasteiger partial charge on any atom is 0.317 e. The van der Waals surface area contributed by atoms with Crippen molar-refractivity contribution in [1.29, 1.82) is 0 Å². The highest BCUT2D eigenvalue weighted by molar-refractivity contribution is 5.74. The van der Waals surface area contributed by atoms with Gasteiger partial charge in [-0.3, -0.25) is 9.80 Å². The van der Waals surface area contributed by atoms with Crippen LogP contribution in [0.5, 0.6) is 5.75 Å². The molecule has 2 aliphatic heterocycles. The highest BCUT2D eigenvalue weighted by Gasteiger charge is 2.28. The van der Waals surface area contributed by atoms with Crippen molar-refractivity contribution in [2.24, 2.45) is 0 Å². The minimum Gasteiger partial charge on any atom is -0.494 e. The quantitative estimate of drug-likeness (QED) is 0.352. The number of carbonyl (C=O) groups excluding carboxylic acids is 1. The Morgan fingerprint density at radius 3 is 2.10 bits per heavy atom. The summed E-state index contributed by atoms with van der Waals surface area (Å²) in [6.45, 7) is 7.74. The molecule has 2 amide bonds. The number of piperidine rings is 1. The van der Waals surface area contributed by atoms with Gasteiger partial charge >= 0.3 is 6.03 Å². The first-order valence-electron chi connectivity index (χ1n) is 14.6. The number of carbonyl (C=O) groups is 1. The zero-order valence-corrected chi connectivity index (χ0v) is 23.0. The Morgan fingerprint density at radius 2 is 1.44 bits per heavy atom. The molecule has 0 radical (unpaired) electrons. The van der Waals surface area contributed by atoms with Crippen molar-refractivity contribution in [3.8, 4) is 5.75 Å². The van der Waals surface area contributed by atoms with E-state index in [1.807, 2.05) is 11.0 Å². The zero-order valence-electron chi connectivity index (χ0n) is 23.0. The molecule has 0 unspecified atom stereocenters. The lowest BCUT2D eigenvalue weighted by molar-refractivity contribution is 0.120. The minimum absolute atomic E-state index is 0.0224. The third-order valence-electron chi connectivity index (χ3n) is 7.82. The van der Waals surface area contributed by atoms with Gasteiger partial charge in [-0.15, -0.1) is 0 Å². The maximum atomic E-state index is 12.8. The van der Waals surface area contributed by atoms with Crippen LogP contribution in [0.1, 0.15) is 48.4 Å². The second kappa shape index (κ2) is 14.2. The maximum absolute atomic E-state index is 12.8. The molecule has 6 nitrogen and oxygen atoms in total. The Hall–Kier alpha value is -3.35. The lowest BCUT2D eigenvalue weighted by Crippen LogP contribution is -2.52. The van der Waals surface area contributed by atoms with Gasteiger partial charge in [-0.1, -0.05) is 79.2 Å². The number of urea groups is 1. The number of hydrogen-bond acceptors (Lipinski definition) is 4. The standard InChI is InChI=1S/C33H42N4O2/c38-33(34-18-11-25-39-31-17-10-12-28(26-31)27-35-19-8-3-9-20-35)37-23-21-36(22-24-37)32(29-13-4-1-5-14-29)30-15-6-2-7-16-30/h1-2,4-7,10,12-17,26,32H,3,8-9,11,18-25,27H2,(H,34,38). The molecule has 0 bridgehead atoms. The van der Waals surface area contributed by atoms with Crippen LogP contribution in [0.3, 0.4) is 0 Å². The number of nitrogens with one attached hydrogen (secondary N) is 1. The van der Waals surface area contributed by atoms with Crippen LogP contribution >= 0.6 is 0 Å². The van der Waals surface area contributed by atoms with Gasteiger partial charge in [0.15, 0.2) is 0 Å². The van der Waals surface area contributed by atoms with E-state index in [-0.39, 0.29) is 12.1 Å². The predicted octanol–water partition coefficient (Wildman–Crippen LogP) is 5.56. The predicted molar refractivity (Wildman–Crippen MR) is 157 cm³/mol. The first-order chi connectivity index (χ1) is 19.3. The van der Waals surface area contributed by atoms with Crippen LogP contribution in [0.15, 0.2) is 84.9 Å². The Morgan fingerprint density at radius 1 is 0.769 bits per heavy atom. The number of benzene rings is 3. The van der Waals surface area contributed by atoms with Crippen LogP contribution < -0.4 is 10.1 Å². The molecular formula is C33H42N4O2. The summed E-state index contributed by atoms with van der Waals surface area (Å²) in [5.74, 6) is 0.915. The summed E-state index contributed by atoms with van der Waals surface area (Å²) in [6, 6.07) is 30.0. The summed E-state index contributed by atoms with van der Waals surface area (Å²) in [5, 5.41) is 3.09. The van der Waals surface area contributed by atoms with Gasteiger partial charge in [-0.05, 0) is 61.2 Å². The Kier molecular flexibility index (Phi) is 9.88. The number of ether oxygens (including phenoxy) is 1. The smallest absolute Gasteiger partial charge is 0.317 e. The zero-order chi connectivity index (χ0) is 26.7. The third kappa shape index (κ3) is 7.84. The van der Waals surface area contributed by atoms with Gasteiger partial charge < -0.3 is 15.0 Å². The van der Waals surface area contributed by atoms with Gasteiger partial charge in [0.1, 0.15) is 5.75 Å². The molecule has 1 N–H and O–H groups in total. The highest BCUT2D eigenvalue weighted by Crippen LogP contribution is 2.29. The molecule has 0 spiro atoms. The van der Waals surface area contributed by atoms with E-state index in [2.05, 4.69) is 94.0 Å². The lowest BCUT2D eigenvalue weighted by Gasteiger charge is -2.39. The van der Waals surface area contributed by atoms with Gasteiger partial charge in [-0.2, -0.15) is 0 Å². The molecule has 39 heavy (non-hydrogen) atoms. The van der Waals surface area contributed by atoms with Crippen LogP contribution in [-0.2, 0) is 6.54 Å². The van der Waals surface area contributed by atoms with Gasteiger partial charge in [0, 0.05) is 39.3 Å². The molecule has 2 fully saturated rings. The normalized spacial score (nSPS) is 16.8. The SMILES string of the molecule is O=C(NCCCOc1cccc(CN2CCCCC2)c1)N1CCN(C(c2ccccc2)c2ccccc2)CC1. The second-order valence-electron chi connectivity index (χ2n) is 10.7. The molecule has 2 aliphatic rings. The number of likely N-dealkylation sites (tertiary alicyclic amines) is 1. The summed E-state index contributed by atoms with van der Waals surface area (Å²) in [4.78, 5) is 19.8. The van der Waals surface area contributed by atoms with E-state index in [9.17, 15) is 4.79 Å². The molecule has 0 aromatic heterocycles. The van der Waals surface area contributed by atoms with Crippen molar-refractivity contribution >= 4 is 6.03 Å². The van der Waals surface area contributed by atoms with Gasteiger partial charge in [0.05, 0.1) is 12.6 Å². The Balaban J connectivity index is 1.03. The molecule has 6 heteroatoms. The van der Waals surface area contributed by atoms with Crippen LogP contribution in [0.25, 0.3) is 0 Å². The molecule has 206 valence electrons. The Bertz CT molecular complexity index is 1100. The topological polar surface area (TPSA) is 48.1 Å². The van der Waals surface area contributed by atoms with Crippen molar-refractivity contribution in [3.63, 3.8) is 0 Å². The van der Waals surface area contributed by atoms with Crippen molar-refractivity contribution in [2.45, 2.75) is 38.3 Å². The fourth-order valence-corrected chi connectivity index (χ4v) is 5.75. The summed E-state index contributed by atoms with van der Waals surface area (Å²) < 4.78 is 6.00. The summed E-state index contributed by atoms with van der Waals surface area (Å²) >= 11 is 0. The fraction of sp³-hybridized carbons (Fsp3) is 0.424. The average molecular weight is 527 g/mol. The number of piperazine rings is 1. The van der Waals surface area contributed by atoms with Crippen molar-refractivity contribution in [3.05, 3.63) is 102 Å². The Labute approximate surface area is 233 Å². The highest BCUT2D eigenvalue weighted by atomic mass is 16.5. The molecule has 0 atom stereocenters. The van der Waals surface area contributed by atoms with Gasteiger partial charge in [0.2, 0.25) is 0 Å². The van der Waals surface area contributed by atoms with Gasteiger partial charge in [-0.25, -0.2) is 4.79 Å². The van der Waals surface area contributed by atoms with Crippen LogP contribution in [0, 0.1) is 0 Å². The largest absolute Gasteiger partial charge is 0.494 e. The summed E-state index contributed by atoms with van der Waals surface area (Å²) in [6.07, 6.45) is 4.75. The average Bonchev–Trinajstić information content (AvgIpc) is 2.99. The van der Waals surface area contributed by atoms with E-state index in [0.29, 0.717) is 13.2 Å².